The van der Waals surface area contributed by atoms with E-state index in [4.69, 9.17) is 23.2 Å². The molecule has 1 amide bonds. The molecule has 0 unspecified atom stereocenters. The van der Waals surface area contributed by atoms with Gasteiger partial charge in [-0.2, -0.15) is 22.6 Å². The third kappa shape index (κ3) is 7.04. The van der Waals surface area contributed by atoms with Gasteiger partial charge in [0, 0.05) is 17.1 Å². The first kappa shape index (κ1) is 26.7. The predicted octanol–water partition coefficient (Wildman–Crippen LogP) is 5.35. The van der Waals surface area contributed by atoms with Crippen molar-refractivity contribution >= 4 is 45.3 Å². The molecule has 0 saturated carbocycles. The third-order valence-electron chi connectivity index (χ3n) is 4.69. The Morgan fingerprint density at radius 3 is 2.34 bits per heavy atom. The van der Waals surface area contributed by atoms with Crippen molar-refractivity contribution in [2.24, 2.45) is 5.10 Å². The van der Waals surface area contributed by atoms with Crippen molar-refractivity contribution in [2.75, 3.05) is 6.54 Å². The van der Waals surface area contributed by atoms with Crippen molar-refractivity contribution in [1.82, 2.24) is 9.73 Å². The van der Waals surface area contributed by atoms with Gasteiger partial charge in [0.15, 0.2) is 0 Å². The summed E-state index contributed by atoms with van der Waals surface area (Å²) in [6.07, 6.45) is -3.77. The number of benzene rings is 3. The number of hydrogen-bond acceptors (Lipinski definition) is 4. The molecule has 0 aromatic heterocycles. The van der Waals surface area contributed by atoms with E-state index in [1.54, 1.807) is 30.3 Å². The Labute approximate surface area is 210 Å². The molecule has 3 aromatic carbocycles. The smallest absolute Gasteiger partial charge is 0.272 e. The Kier molecular flexibility index (Phi) is 8.55. The highest BCUT2D eigenvalue weighted by molar-refractivity contribution is 7.89. The van der Waals surface area contributed by atoms with Gasteiger partial charge in [-0.3, -0.25) is 4.79 Å². The minimum absolute atomic E-state index is 0.0883. The molecule has 0 aliphatic rings. The monoisotopic (exact) mass is 543 g/mol. The molecule has 6 nitrogen and oxygen atoms in total. The lowest BCUT2D eigenvalue weighted by Crippen LogP contribution is -2.39. The summed E-state index contributed by atoms with van der Waals surface area (Å²) in [5.74, 6) is -0.872. The molecular formula is C23H18Cl2F3N3O3S. The zero-order valence-electron chi connectivity index (χ0n) is 17.8. The average Bonchev–Trinajstić information content (AvgIpc) is 2.80. The van der Waals surface area contributed by atoms with Crippen LogP contribution in [0.25, 0.3) is 0 Å². The maximum absolute atomic E-state index is 13.3. The molecule has 0 radical (unpaired) electrons. The summed E-state index contributed by atoms with van der Waals surface area (Å²) < 4.78 is 66.9. The van der Waals surface area contributed by atoms with Gasteiger partial charge in [-0.15, -0.1) is 0 Å². The van der Waals surface area contributed by atoms with Crippen molar-refractivity contribution in [3.8, 4) is 0 Å². The number of rotatable bonds is 8. The maximum atomic E-state index is 13.3. The van der Waals surface area contributed by atoms with Crippen LogP contribution in [-0.4, -0.2) is 31.4 Å². The fourth-order valence-electron chi connectivity index (χ4n) is 3.06. The minimum Gasteiger partial charge on any atom is -0.272 e. The van der Waals surface area contributed by atoms with Gasteiger partial charge < -0.3 is 0 Å². The third-order valence-corrected chi connectivity index (χ3v) is 7.20. The van der Waals surface area contributed by atoms with E-state index in [0.29, 0.717) is 5.56 Å². The second-order valence-electron chi connectivity index (χ2n) is 7.21. The van der Waals surface area contributed by atoms with Gasteiger partial charge in [-0.25, -0.2) is 13.8 Å². The quantitative estimate of drug-likeness (QED) is 0.307. The minimum atomic E-state index is -4.61. The Hall–Kier alpha value is -2.92. The summed E-state index contributed by atoms with van der Waals surface area (Å²) in [6, 6.07) is 17.1. The number of sulfonamides is 1. The highest BCUT2D eigenvalue weighted by atomic mass is 35.5. The van der Waals surface area contributed by atoms with Crippen molar-refractivity contribution in [1.29, 1.82) is 0 Å². The van der Waals surface area contributed by atoms with Gasteiger partial charge in [-0.05, 0) is 29.8 Å². The molecule has 0 fully saturated rings. The number of nitrogens with zero attached hydrogens (tertiary/aromatic N) is 2. The van der Waals surface area contributed by atoms with Crippen molar-refractivity contribution in [3.05, 3.63) is 99.5 Å². The van der Waals surface area contributed by atoms with Crippen LogP contribution in [0, 0.1) is 0 Å². The number of alkyl halides is 3. The van der Waals surface area contributed by atoms with Gasteiger partial charge in [0.25, 0.3) is 5.91 Å². The molecule has 0 bridgehead atoms. The fraction of sp³-hybridized carbons (Fsp3) is 0.130. The second kappa shape index (κ2) is 11.2. The first-order valence-electron chi connectivity index (χ1n) is 9.96. The molecule has 0 aliphatic carbocycles. The fourth-order valence-corrected chi connectivity index (χ4v) is 5.19. The molecule has 0 spiro atoms. The van der Waals surface area contributed by atoms with Crippen LogP contribution in [0.1, 0.15) is 16.7 Å². The van der Waals surface area contributed by atoms with Crippen LogP contribution in [0.15, 0.2) is 82.8 Å². The molecule has 1 N–H and O–H groups in total. The number of hydrogen-bond donors (Lipinski definition) is 1. The van der Waals surface area contributed by atoms with E-state index in [1.165, 1.54) is 36.4 Å². The van der Waals surface area contributed by atoms with Crippen LogP contribution in [0.3, 0.4) is 0 Å². The summed E-state index contributed by atoms with van der Waals surface area (Å²) in [7, 11) is -4.30. The Morgan fingerprint density at radius 1 is 1.00 bits per heavy atom. The highest BCUT2D eigenvalue weighted by Gasteiger charge is 2.32. The van der Waals surface area contributed by atoms with Crippen LogP contribution in [0.5, 0.6) is 0 Å². The standard InChI is InChI=1S/C23H18Cl2F3N3O3S/c24-18-10-11-20(25)21(12-18)35(33,34)31(14-16-6-2-1-3-7-16)15-22(32)30-29-13-17-8-4-5-9-19(17)23(26,27)28/h1-13H,14-15H2,(H,30,32)/b29-13-. The first-order chi connectivity index (χ1) is 16.5. The molecular weight excluding hydrogens is 526 g/mol. The topological polar surface area (TPSA) is 78.8 Å². The van der Waals surface area contributed by atoms with Gasteiger partial charge in [0.2, 0.25) is 10.0 Å². The number of halogens is 5. The van der Waals surface area contributed by atoms with Crippen LogP contribution >= 0.6 is 23.2 Å². The molecule has 0 aliphatic heterocycles. The molecule has 12 heteroatoms. The summed E-state index contributed by atoms with van der Waals surface area (Å²) in [5, 5.41) is 3.61. The number of carbonyl (C=O) groups excluding carboxylic acids is 1. The SMILES string of the molecule is O=C(CN(Cc1ccccc1)S(=O)(=O)c1cc(Cl)ccc1Cl)N/N=C\c1ccccc1C(F)(F)F. The molecule has 184 valence electrons. The Bertz CT molecular complexity index is 1330. The summed E-state index contributed by atoms with van der Waals surface area (Å²) in [4.78, 5) is 12.2. The van der Waals surface area contributed by atoms with E-state index >= 15 is 0 Å². The largest absolute Gasteiger partial charge is 0.417 e. The van der Waals surface area contributed by atoms with E-state index in [0.717, 1.165) is 16.6 Å². The lowest BCUT2D eigenvalue weighted by molar-refractivity contribution is -0.137. The van der Waals surface area contributed by atoms with Crippen LogP contribution < -0.4 is 5.43 Å². The highest BCUT2D eigenvalue weighted by Crippen LogP contribution is 2.31. The molecule has 0 saturated heterocycles. The Balaban J connectivity index is 1.84. The molecule has 3 aromatic rings. The number of amides is 1. The van der Waals surface area contributed by atoms with Crippen LogP contribution in [0.2, 0.25) is 10.0 Å². The first-order valence-corrected chi connectivity index (χ1v) is 12.2. The van der Waals surface area contributed by atoms with Crippen molar-refractivity contribution in [2.45, 2.75) is 17.6 Å². The normalized spacial score (nSPS) is 12.3. The zero-order chi connectivity index (χ0) is 25.6. The molecule has 35 heavy (non-hydrogen) atoms. The van der Waals surface area contributed by atoms with Gasteiger partial charge >= 0.3 is 6.18 Å². The number of nitrogens with one attached hydrogen (secondary N) is 1. The van der Waals surface area contributed by atoms with Crippen LogP contribution in [0.4, 0.5) is 13.2 Å². The number of carbonyl (C=O) groups is 1. The summed E-state index contributed by atoms with van der Waals surface area (Å²) in [6.45, 7) is -0.863. The number of hydrazone groups is 1. The average molecular weight is 544 g/mol. The predicted molar refractivity (Wildman–Crippen MR) is 128 cm³/mol. The van der Waals surface area contributed by atoms with E-state index < -0.39 is 34.2 Å². The molecule has 0 atom stereocenters. The summed E-state index contributed by atoms with van der Waals surface area (Å²) in [5.41, 5.74) is 1.47. The Morgan fingerprint density at radius 2 is 1.66 bits per heavy atom. The zero-order valence-corrected chi connectivity index (χ0v) is 20.2. The van der Waals surface area contributed by atoms with E-state index in [-0.39, 0.29) is 27.0 Å². The van der Waals surface area contributed by atoms with Gasteiger partial charge in [0.05, 0.1) is 23.3 Å². The lowest BCUT2D eigenvalue weighted by Gasteiger charge is -2.22. The van der Waals surface area contributed by atoms with Crippen molar-refractivity contribution < 1.29 is 26.4 Å². The van der Waals surface area contributed by atoms with E-state index in [1.807, 2.05) is 0 Å². The summed E-state index contributed by atoms with van der Waals surface area (Å²) >= 11 is 12.0. The van der Waals surface area contributed by atoms with Gasteiger partial charge in [0.1, 0.15) is 4.90 Å². The maximum Gasteiger partial charge on any atom is 0.417 e. The molecule has 0 heterocycles. The molecule has 3 rings (SSSR count). The van der Waals surface area contributed by atoms with Gasteiger partial charge in [-0.1, -0.05) is 71.7 Å². The van der Waals surface area contributed by atoms with Crippen molar-refractivity contribution in [3.63, 3.8) is 0 Å². The van der Waals surface area contributed by atoms with E-state index in [2.05, 4.69) is 10.5 Å². The lowest BCUT2D eigenvalue weighted by atomic mass is 10.1. The van der Waals surface area contributed by atoms with Crippen LogP contribution in [-0.2, 0) is 27.5 Å². The van der Waals surface area contributed by atoms with E-state index in [9.17, 15) is 26.4 Å². The second-order valence-corrected chi connectivity index (χ2v) is 9.96.